The number of hydrogen-bond acceptors (Lipinski definition) is 4. The molecule has 3 nitrogen and oxygen atoms in total. The van der Waals surface area contributed by atoms with Crippen molar-refractivity contribution in [2.45, 2.75) is 13.3 Å². The van der Waals surface area contributed by atoms with Gasteiger partial charge in [-0.15, -0.1) is 11.3 Å². The minimum absolute atomic E-state index is 0.117. The van der Waals surface area contributed by atoms with E-state index in [0.29, 0.717) is 12.2 Å². The third-order valence-corrected chi connectivity index (χ3v) is 3.21. The molecular formula is C12H12O3S. The maximum atomic E-state index is 11.3. The van der Waals surface area contributed by atoms with E-state index >= 15 is 0 Å². The van der Waals surface area contributed by atoms with Gasteiger partial charge in [-0.05, 0) is 24.4 Å². The normalized spacial score (nSPS) is 10.6. The van der Waals surface area contributed by atoms with Crippen molar-refractivity contribution >= 4 is 27.4 Å². The Balaban J connectivity index is 2.30. The zero-order valence-electron chi connectivity index (χ0n) is 8.90. The Morgan fingerprint density at radius 2 is 2.25 bits per heavy atom. The van der Waals surface area contributed by atoms with E-state index < -0.39 is 0 Å². The summed E-state index contributed by atoms with van der Waals surface area (Å²) in [5.41, 5.74) is 0.615. The molecule has 0 unspecified atom stereocenters. The third kappa shape index (κ3) is 2.02. The summed E-state index contributed by atoms with van der Waals surface area (Å²) in [6, 6.07) is 5.53. The maximum Gasteiger partial charge on any atom is 0.310 e. The second-order valence-corrected chi connectivity index (χ2v) is 4.34. The van der Waals surface area contributed by atoms with E-state index in [1.165, 1.54) is 0 Å². The van der Waals surface area contributed by atoms with Gasteiger partial charge in [0.2, 0.25) is 0 Å². The molecule has 0 aliphatic heterocycles. The molecule has 0 saturated heterocycles. The third-order valence-electron chi connectivity index (χ3n) is 2.33. The van der Waals surface area contributed by atoms with Crippen molar-refractivity contribution in [2.24, 2.45) is 0 Å². The van der Waals surface area contributed by atoms with E-state index in [2.05, 4.69) is 0 Å². The van der Waals surface area contributed by atoms with Gasteiger partial charge in [0.25, 0.3) is 0 Å². The summed E-state index contributed by atoms with van der Waals surface area (Å²) in [7, 11) is 0. The highest BCUT2D eigenvalue weighted by Gasteiger charge is 2.11. The Bertz CT molecular complexity index is 516. The fourth-order valence-electron chi connectivity index (χ4n) is 1.58. The molecule has 16 heavy (non-hydrogen) atoms. The maximum absolute atomic E-state index is 11.3. The first-order chi connectivity index (χ1) is 7.72. The highest BCUT2D eigenvalue weighted by Crippen LogP contribution is 2.32. The summed E-state index contributed by atoms with van der Waals surface area (Å²) in [5.74, 6) is -0.126. The number of hydrogen-bond donors (Lipinski definition) is 1. The number of phenols is 1. The Morgan fingerprint density at radius 3 is 3.00 bits per heavy atom. The number of carbonyl (C=O) groups is 1. The quantitative estimate of drug-likeness (QED) is 0.833. The lowest BCUT2D eigenvalue weighted by molar-refractivity contribution is -0.142. The van der Waals surface area contributed by atoms with Crippen molar-refractivity contribution in [3.8, 4) is 5.75 Å². The Kier molecular flexibility index (Phi) is 3.10. The average molecular weight is 236 g/mol. The highest BCUT2D eigenvalue weighted by atomic mass is 32.1. The lowest BCUT2D eigenvalue weighted by atomic mass is 10.1. The summed E-state index contributed by atoms with van der Waals surface area (Å²) in [5, 5.41) is 12.7. The molecule has 0 spiro atoms. The van der Waals surface area contributed by atoms with E-state index in [0.717, 1.165) is 10.1 Å². The van der Waals surface area contributed by atoms with Gasteiger partial charge in [-0.3, -0.25) is 4.79 Å². The largest absolute Gasteiger partial charge is 0.507 e. The average Bonchev–Trinajstić information content (AvgIpc) is 2.71. The molecule has 1 aromatic heterocycles. The molecule has 0 bridgehead atoms. The molecule has 4 heteroatoms. The molecule has 0 saturated carbocycles. The van der Waals surface area contributed by atoms with E-state index in [-0.39, 0.29) is 18.1 Å². The van der Waals surface area contributed by atoms with Crippen molar-refractivity contribution in [1.29, 1.82) is 0 Å². The van der Waals surface area contributed by atoms with Crippen LogP contribution in [0.4, 0.5) is 0 Å². The number of fused-ring (bicyclic) bond motifs is 1. The molecule has 0 aliphatic carbocycles. The lowest BCUT2D eigenvalue weighted by Gasteiger charge is -2.05. The lowest BCUT2D eigenvalue weighted by Crippen LogP contribution is -2.07. The number of aromatic hydroxyl groups is 1. The summed E-state index contributed by atoms with van der Waals surface area (Å²) in [6.07, 6.45) is 0.117. The minimum Gasteiger partial charge on any atom is -0.507 e. The van der Waals surface area contributed by atoms with Crippen LogP contribution in [0.25, 0.3) is 10.1 Å². The van der Waals surface area contributed by atoms with Crippen LogP contribution in [0.1, 0.15) is 12.5 Å². The first kappa shape index (κ1) is 11.0. The smallest absolute Gasteiger partial charge is 0.310 e. The summed E-state index contributed by atoms with van der Waals surface area (Å²) in [4.78, 5) is 11.3. The van der Waals surface area contributed by atoms with Gasteiger partial charge < -0.3 is 9.84 Å². The SMILES string of the molecule is CCOC(=O)Cc1ccc2sccc2c1O. The number of thiophene rings is 1. The van der Waals surface area contributed by atoms with E-state index in [1.54, 1.807) is 24.3 Å². The number of rotatable bonds is 3. The van der Waals surface area contributed by atoms with E-state index in [1.807, 2.05) is 17.5 Å². The molecule has 0 fully saturated rings. The van der Waals surface area contributed by atoms with Crippen LogP contribution in [0.3, 0.4) is 0 Å². The van der Waals surface area contributed by atoms with Gasteiger partial charge in [0.15, 0.2) is 0 Å². The van der Waals surface area contributed by atoms with Crippen LogP contribution in [0.5, 0.6) is 5.75 Å². The van der Waals surface area contributed by atoms with Crippen LogP contribution in [-0.4, -0.2) is 17.7 Å². The predicted octanol–water partition coefficient (Wildman–Crippen LogP) is 2.71. The molecule has 0 amide bonds. The van der Waals surface area contributed by atoms with Gasteiger partial charge >= 0.3 is 5.97 Å². The molecule has 2 rings (SSSR count). The Hall–Kier alpha value is -1.55. The van der Waals surface area contributed by atoms with Gasteiger partial charge in [-0.1, -0.05) is 6.07 Å². The summed E-state index contributed by atoms with van der Waals surface area (Å²) < 4.78 is 5.87. The molecule has 0 radical (unpaired) electrons. The van der Waals surface area contributed by atoms with Crippen molar-refractivity contribution in [2.75, 3.05) is 6.61 Å². The Morgan fingerprint density at radius 1 is 1.44 bits per heavy atom. The number of ether oxygens (including phenoxy) is 1. The molecule has 0 aliphatic rings. The van der Waals surface area contributed by atoms with Crippen molar-refractivity contribution in [1.82, 2.24) is 0 Å². The van der Waals surface area contributed by atoms with Crippen molar-refractivity contribution < 1.29 is 14.6 Å². The van der Waals surface area contributed by atoms with Crippen molar-refractivity contribution in [3.05, 3.63) is 29.1 Å². The zero-order valence-corrected chi connectivity index (χ0v) is 9.71. The number of carbonyl (C=O) groups excluding carboxylic acids is 1. The number of esters is 1. The first-order valence-electron chi connectivity index (χ1n) is 5.06. The molecule has 1 aromatic carbocycles. The number of phenolic OH excluding ortho intramolecular Hbond substituents is 1. The second kappa shape index (κ2) is 4.53. The van der Waals surface area contributed by atoms with Gasteiger partial charge in [0.05, 0.1) is 13.0 Å². The zero-order chi connectivity index (χ0) is 11.5. The van der Waals surface area contributed by atoms with Gasteiger partial charge in [0, 0.05) is 15.6 Å². The number of benzene rings is 1. The molecule has 2 aromatic rings. The van der Waals surface area contributed by atoms with E-state index in [9.17, 15) is 9.90 Å². The first-order valence-corrected chi connectivity index (χ1v) is 5.94. The van der Waals surface area contributed by atoms with Crippen LogP contribution in [-0.2, 0) is 16.0 Å². The van der Waals surface area contributed by atoms with Crippen molar-refractivity contribution in [3.63, 3.8) is 0 Å². The van der Waals surface area contributed by atoms with Crippen LogP contribution in [0, 0.1) is 0 Å². The van der Waals surface area contributed by atoms with Crippen LogP contribution in [0.2, 0.25) is 0 Å². The monoisotopic (exact) mass is 236 g/mol. The minimum atomic E-state index is -0.313. The molecule has 1 N–H and O–H groups in total. The molecular weight excluding hydrogens is 224 g/mol. The van der Waals surface area contributed by atoms with Gasteiger partial charge in [-0.2, -0.15) is 0 Å². The summed E-state index contributed by atoms with van der Waals surface area (Å²) >= 11 is 1.56. The fraction of sp³-hybridized carbons (Fsp3) is 0.250. The second-order valence-electron chi connectivity index (χ2n) is 3.39. The van der Waals surface area contributed by atoms with Gasteiger partial charge in [-0.25, -0.2) is 0 Å². The van der Waals surface area contributed by atoms with Crippen LogP contribution < -0.4 is 0 Å². The highest BCUT2D eigenvalue weighted by molar-refractivity contribution is 7.17. The molecule has 84 valence electrons. The van der Waals surface area contributed by atoms with E-state index in [4.69, 9.17) is 4.74 Å². The standard InChI is InChI=1S/C12H12O3S/c1-2-15-11(13)7-8-3-4-10-9(12(8)14)5-6-16-10/h3-6,14H,2,7H2,1H3. The molecule has 1 heterocycles. The topological polar surface area (TPSA) is 46.5 Å². The fourth-order valence-corrected chi connectivity index (χ4v) is 2.37. The Labute approximate surface area is 97.3 Å². The van der Waals surface area contributed by atoms with Gasteiger partial charge in [0.1, 0.15) is 5.75 Å². The van der Waals surface area contributed by atoms with Crippen LogP contribution in [0.15, 0.2) is 23.6 Å². The van der Waals surface area contributed by atoms with Crippen LogP contribution >= 0.6 is 11.3 Å². The summed E-state index contributed by atoms with van der Waals surface area (Å²) in [6.45, 7) is 2.13. The molecule has 0 atom stereocenters. The predicted molar refractivity (Wildman–Crippen MR) is 63.8 cm³/mol.